The molecule has 0 aliphatic carbocycles. The molecule has 0 aliphatic rings. The average molecular weight is 347 g/mol. The highest BCUT2D eigenvalue weighted by molar-refractivity contribution is 5.67. The van der Waals surface area contributed by atoms with Crippen LogP contribution in [0.4, 0.5) is 45.5 Å². The first kappa shape index (κ1) is 16.9. The molecule has 0 amide bonds. The number of hydrogen-bond donors (Lipinski definition) is 5. The zero-order valence-electron chi connectivity index (χ0n) is 13.9. The van der Waals surface area contributed by atoms with Crippen molar-refractivity contribution in [2.75, 3.05) is 22.9 Å². The van der Waals surface area contributed by atoms with Crippen molar-refractivity contribution in [1.29, 1.82) is 0 Å². The molecule has 0 saturated heterocycles. The Morgan fingerprint density at radius 3 is 2.08 bits per heavy atom. The van der Waals surface area contributed by atoms with Gasteiger partial charge in [-0.3, -0.25) is 0 Å². The maximum Gasteiger partial charge on any atom is 0.252 e. The van der Waals surface area contributed by atoms with Gasteiger partial charge in [0.2, 0.25) is 0 Å². The molecule has 0 fully saturated rings. The minimum absolute atomic E-state index is 0.468. The summed E-state index contributed by atoms with van der Waals surface area (Å²) in [5, 5.41) is 15.5. The van der Waals surface area contributed by atoms with Gasteiger partial charge in [-0.05, 0) is 53.6 Å². The third kappa shape index (κ3) is 4.12. The fraction of sp³-hybridized carbons (Fsp3) is 0. The second kappa shape index (κ2) is 7.31. The second-order valence-electron chi connectivity index (χ2n) is 5.61. The number of nitrogen functional groups attached to an aromatic ring is 4. The zero-order chi connectivity index (χ0) is 18.5. The lowest BCUT2D eigenvalue weighted by Gasteiger charge is -2.00. The van der Waals surface area contributed by atoms with E-state index in [1.807, 2.05) is 18.2 Å². The fourth-order valence-electron chi connectivity index (χ4n) is 2.21. The number of benzene rings is 3. The number of hydrogen-bond acceptors (Lipinski definition) is 7. The van der Waals surface area contributed by atoms with Crippen molar-refractivity contribution in [3.8, 4) is 0 Å². The predicted molar refractivity (Wildman–Crippen MR) is 104 cm³/mol. The number of nitrogens with zero attached hydrogens (tertiary/aromatic N) is 3. The van der Waals surface area contributed by atoms with Crippen LogP contribution >= 0.6 is 0 Å². The summed E-state index contributed by atoms with van der Waals surface area (Å²) >= 11 is 0. The van der Waals surface area contributed by atoms with Gasteiger partial charge in [0.25, 0.3) is 5.69 Å². The minimum atomic E-state index is 0.468. The summed E-state index contributed by atoms with van der Waals surface area (Å²) in [6.07, 6.45) is 0. The van der Waals surface area contributed by atoms with E-state index in [4.69, 9.17) is 22.9 Å². The standard InChI is InChI=1S/C18H18N8/c19-11-4-6-17(15(21)8-11)25-23-13-2-1-3-14(10-13)24-26-18-7-5-12(20)9-16(18)22/h1-10H,19-22H2/p+1. The van der Waals surface area contributed by atoms with Gasteiger partial charge in [-0.25, -0.2) is 0 Å². The van der Waals surface area contributed by atoms with Crippen LogP contribution in [0.1, 0.15) is 0 Å². The molecule has 0 bridgehead atoms. The first-order valence-electron chi connectivity index (χ1n) is 7.80. The van der Waals surface area contributed by atoms with E-state index < -0.39 is 0 Å². The zero-order valence-corrected chi connectivity index (χ0v) is 13.9. The van der Waals surface area contributed by atoms with Gasteiger partial charge in [0.05, 0.1) is 11.4 Å². The summed E-state index contributed by atoms with van der Waals surface area (Å²) in [7, 11) is 0. The average Bonchev–Trinajstić information content (AvgIpc) is 2.61. The van der Waals surface area contributed by atoms with Crippen molar-refractivity contribution in [3.05, 3.63) is 60.7 Å². The lowest BCUT2D eigenvalue weighted by molar-refractivity contribution is -0.432. The molecule has 0 aromatic heterocycles. The van der Waals surface area contributed by atoms with E-state index in [9.17, 15) is 0 Å². The SMILES string of the molecule is Nc1ccc(N=Nc2cccc(N=[NH+]c3ccc(N)cc3N)c2)c(N)c1. The maximum atomic E-state index is 5.90. The summed E-state index contributed by atoms with van der Waals surface area (Å²) in [5.74, 6) is 0. The van der Waals surface area contributed by atoms with Crippen molar-refractivity contribution in [1.82, 2.24) is 0 Å². The highest BCUT2D eigenvalue weighted by Gasteiger charge is 2.04. The van der Waals surface area contributed by atoms with E-state index in [0.717, 1.165) is 0 Å². The summed E-state index contributed by atoms with van der Waals surface area (Å²) in [4.78, 5) is 0. The van der Waals surface area contributed by atoms with Gasteiger partial charge in [-0.1, -0.05) is 11.2 Å². The van der Waals surface area contributed by atoms with E-state index in [2.05, 4.69) is 20.5 Å². The molecule has 0 atom stereocenters. The van der Waals surface area contributed by atoms with Crippen LogP contribution < -0.4 is 28.0 Å². The summed E-state index contributed by atoms with van der Waals surface area (Å²) < 4.78 is 0. The molecule has 9 N–H and O–H groups in total. The van der Waals surface area contributed by atoms with E-state index in [-0.39, 0.29) is 0 Å². The number of rotatable bonds is 4. The highest BCUT2D eigenvalue weighted by atomic mass is 15.1. The quantitative estimate of drug-likeness (QED) is 0.363. The van der Waals surface area contributed by atoms with E-state index >= 15 is 0 Å². The van der Waals surface area contributed by atoms with E-state index in [1.54, 1.807) is 42.5 Å². The Kier molecular flexibility index (Phi) is 4.75. The molecule has 26 heavy (non-hydrogen) atoms. The number of azo groups is 2. The highest BCUT2D eigenvalue weighted by Crippen LogP contribution is 2.27. The topological polar surface area (TPSA) is 155 Å². The smallest absolute Gasteiger partial charge is 0.252 e. The monoisotopic (exact) mass is 347 g/mol. The second-order valence-corrected chi connectivity index (χ2v) is 5.61. The van der Waals surface area contributed by atoms with Crippen LogP contribution in [0.25, 0.3) is 0 Å². The van der Waals surface area contributed by atoms with Crippen LogP contribution in [-0.4, -0.2) is 0 Å². The van der Waals surface area contributed by atoms with Gasteiger partial charge in [0, 0.05) is 17.4 Å². The number of nitrogens with one attached hydrogen (secondary N) is 1. The Morgan fingerprint density at radius 2 is 1.35 bits per heavy atom. The van der Waals surface area contributed by atoms with Gasteiger partial charge >= 0.3 is 0 Å². The van der Waals surface area contributed by atoms with E-state index in [0.29, 0.717) is 45.5 Å². The lowest BCUT2D eigenvalue weighted by atomic mass is 10.2. The Hall–Kier alpha value is -3.94. The molecule has 8 nitrogen and oxygen atoms in total. The molecule has 3 aromatic carbocycles. The molecule has 0 saturated carbocycles. The third-order valence-electron chi connectivity index (χ3n) is 3.54. The van der Waals surface area contributed by atoms with Crippen molar-refractivity contribution >= 4 is 45.5 Å². The predicted octanol–water partition coefficient (Wildman–Crippen LogP) is 2.93. The van der Waals surface area contributed by atoms with E-state index in [1.165, 1.54) is 0 Å². The third-order valence-corrected chi connectivity index (χ3v) is 3.54. The Morgan fingerprint density at radius 1 is 0.654 bits per heavy atom. The molecule has 0 heterocycles. The van der Waals surface area contributed by atoms with Gasteiger partial charge in [0.1, 0.15) is 17.1 Å². The lowest BCUT2D eigenvalue weighted by Crippen LogP contribution is -2.57. The molecular formula is C18H19N8+. The fourth-order valence-corrected chi connectivity index (χ4v) is 2.21. The van der Waals surface area contributed by atoms with Gasteiger partial charge in [0.15, 0.2) is 0 Å². The molecule has 3 rings (SSSR count). The Bertz CT molecular complexity index is 917. The van der Waals surface area contributed by atoms with Crippen molar-refractivity contribution in [2.45, 2.75) is 0 Å². The van der Waals surface area contributed by atoms with Crippen molar-refractivity contribution < 1.29 is 5.11 Å². The molecule has 0 aliphatic heterocycles. The number of anilines is 4. The Labute approximate surface area is 150 Å². The normalized spacial score (nSPS) is 11.4. The minimum Gasteiger partial charge on any atom is -0.399 e. The van der Waals surface area contributed by atoms with Gasteiger partial charge < -0.3 is 22.9 Å². The summed E-state index contributed by atoms with van der Waals surface area (Å²) in [6, 6.07) is 17.5. The van der Waals surface area contributed by atoms with Crippen LogP contribution in [0, 0.1) is 0 Å². The maximum absolute atomic E-state index is 5.90. The Balaban J connectivity index is 1.79. The molecular weight excluding hydrogens is 328 g/mol. The van der Waals surface area contributed by atoms with Gasteiger partial charge in [-0.2, -0.15) is 5.11 Å². The molecule has 0 spiro atoms. The van der Waals surface area contributed by atoms with Crippen LogP contribution in [0.2, 0.25) is 0 Å². The number of nitrogens with two attached hydrogens (primary N) is 4. The van der Waals surface area contributed by atoms with Gasteiger partial charge in [-0.15, -0.1) is 5.11 Å². The van der Waals surface area contributed by atoms with Crippen molar-refractivity contribution in [3.63, 3.8) is 0 Å². The molecule has 0 unspecified atom stereocenters. The van der Waals surface area contributed by atoms with Crippen LogP contribution in [0.5, 0.6) is 0 Å². The van der Waals surface area contributed by atoms with Crippen LogP contribution in [-0.2, 0) is 0 Å². The summed E-state index contributed by atoms with van der Waals surface area (Å²) in [6.45, 7) is 0. The van der Waals surface area contributed by atoms with Crippen LogP contribution in [0.15, 0.2) is 76.0 Å². The van der Waals surface area contributed by atoms with Crippen LogP contribution in [0.3, 0.4) is 0 Å². The first-order valence-corrected chi connectivity index (χ1v) is 7.80. The molecule has 8 heteroatoms. The largest absolute Gasteiger partial charge is 0.399 e. The first-order chi connectivity index (χ1) is 12.5. The summed E-state index contributed by atoms with van der Waals surface area (Å²) in [5.41, 5.74) is 27.8. The molecule has 3 aromatic rings. The molecule has 0 radical (unpaired) electrons. The van der Waals surface area contributed by atoms with Crippen molar-refractivity contribution in [2.24, 2.45) is 15.3 Å². The molecule has 130 valence electrons.